The molecule has 1 unspecified atom stereocenters. The van der Waals surface area contributed by atoms with E-state index in [0.29, 0.717) is 33.3 Å². The third kappa shape index (κ3) is 7.69. The first-order chi connectivity index (χ1) is 24.3. The molecular formula is C39H33N5O5S. The highest BCUT2D eigenvalue weighted by molar-refractivity contribution is 8.00. The predicted molar refractivity (Wildman–Crippen MR) is 195 cm³/mol. The minimum absolute atomic E-state index is 0.0206. The summed E-state index contributed by atoms with van der Waals surface area (Å²) in [6.07, 6.45) is 2.92. The maximum Gasteiger partial charge on any atom is 0.295 e. The third-order valence-corrected chi connectivity index (χ3v) is 9.10. The first kappa shape index (κ1) is 33.6. The molecule has 250 valence electrons. The zero-order chi connectivity index (χ0) is 35.0. The molecule has 0 fully saturated rings. The van der Waals surface area contributed by atoms with Crippen LogP contribution in [0.25, 0.3) is 11.8 Å². The number of rotatable bonds is 11. The lowest BCUT2D eigenvalue weighted by molar-refractivity contribution is -0.116. The summed E-state index contributed by atoms with van der Waals surface area (Å²) in [5.41, 5.74) is 2.67. The summed E-state index contributed by atoms with van der Waals surface area (Å²) in [7, 11) is 1.77. The molecular weight excluding hydrogens is 651 g/mol. The Bertz CT molecular complexity index is 2210. The molecule has 0 spiro atoms. The van der Waals surface area contributed by atoms with Crippen LogP contribution in [0.3, 0.4) is 0 Å². The fraction of sp³-hybridized carbons (Fsp3) is 0.0769. The maximum atomic E-state index is 14.0. The Labute approximate surface area is 292 Å². The molecule has 1 atom stereocenters. The number of carbonyl (C=O) groups is 3. The minimum atomic E-state index is -0.745. The molecule has 0 radical (unpaired) electrons. The smallest absolute Gasteiger partial charge is 0.295 e. The van der Waals surface area contributed by atoms with Crippen molar-refractivity contribution < 1.29 is 18.8 Å². The number of anilines is 2. The zero-order valence-corrected chi connectivity index (χ0v) is 28.0. The highest BCUT2D eigenvalue weighted by atomic mass is 32.2. The fourth-order valence-corrected chi connectivity index (χ4v) is 6.33. The van der Waals surface area contributed by atoms with Gasteiger partial charge in [-0.2, -0.15) is 0 Å². The summed E-state index contributed by atoms with van der Waals surface area (Å²) in [5, 5.41) is 7.69. The first-order valence-corrected chi connectivity index (χ1v) is 16.6. The maximum absolute atomic E-state index is 14.0. The van der Waals surface area contributed by atoms with Crippen LogP contribution in [-0.2, 0) is 16.6 Å². The Hall–Kier alpha value is -6.33. The van der Waals surface area contributed by atoms with Gasteiger partial charge in [-0.15, -0.1) is 11.8 Å². The van der Waals surface area contributed by atoms with Crippen molar-refractivity contribution in [3.8, 4) is 5.69 Å². The molecule has 2 heterocycles. The van der Waals surface area contributed by atoms with Crippen molar-refractivity contribution in [3.63, 3.8) is 0 Å². The van der Waals surface area contributed by atoms with Gasteiger partial charge >= 0.3 is 0 Å². The van der Waals surface area contributed by atoms with E-state index in [1.807, 2.05) is 66.7 Å². The molecule has 10 nitrogen and oxygen atoms in total. The largest absolute Gasteiger partial charge is 0.465 e. The molecule has 0 aliphatic heterocycles. The molecule has 6 rings (SSSR count). The van der Waals surface area contributed by atoms with Crippen LogP contribution in [0, 0.1) is 6.92 Å². The SMILES string of the molecule is Cc1c(NC(=O)C(Sc2cccc(NC(=O)/C(=C/c3ccco3)NC(=O)c3ccccc3)c2)c2ccccc2)c(=O)n(-c2ccccc2)n1C. The van der Waals surface area contributed by atoms with Gasteiger partial charge in [-0.3, -0.25) is 23.9 Å². The van der Waals surface area contributed by atoms with Crippen LogP contribution in [0.1, 0.15) is 32.6 Å². The van der Waals surface area contributed by atoms with Crippen molar-refractivity contribution in [1.82, 2.24) is 14.7 Å². The Kier molecular flexibility index (Phi) is 10.2. The van der Waals surface area contributed by atoms with Gasteiger partial charge in [0.1, 0.15) is 22.4 Å². The predicted octanol–water partition coefficient (Wildman–Crippen LogP) is 6.96. The number of aromatic nitrogens is 2. The van der Waals surface area contributed by atoms with Crippen LogP contribution in [0.4, 0.5) is 11.4 Å². The van der Waals surface area contributed by atoms with E-state index >= 15 is 0 Å². The van der Waals surface area contributed by atoms with Crippen LogP contribution in [0.15, 0.2) is 153 Å². The number of nitrogens with one attached hydrogen (secondary N) is 3. The van der Waals surface area contributed by atoms with E-state index in [2.05, 4.69) is 16.0 Å². The van der Waals surface area contributed by atoms with Gasteiger partial charge in [-0.05, 0) is 67.1 Å². The van der Waals surface area contributed by atoms with E-state index in [-0.39, 0.29) is 22.9 Å². The Balaban J connectivity index is 1.24. The van der Waals surface area contributed by atoms with Crippen molar-refractivity contribution >= 4 is 46.9 Å². The second-order valence-electron chi connectivity index (χ2n) is 11.2. The number of thioether (sulfide) groups is 1. The van der Waals surface area contributed by atoms with Crippen LogP contribution in [0.5, 0.6) is 0 Å². The number of carbonyl (C=O) groups excluding carboxylic acids is 3. The summed E-state index contributed by atoms with van der Waals surface area (Å²) in [4.78, 5) is 54.7. The van der Waals surface area contributed by atoms with Crippen molar-refractivity contribution in [2.24, 2.45) is 7.05 Å². The molecule has 0 bridgehead atoms. The van der Waals surface area contributed by atoms with Gasteiger partial charge in [0.2, 0.25) is 5.91 Å². The number of benzene rings is 4. The lowest BCUT2D eigenvalue weighted by Gasteiger charge is -2.17. The molecule has 0 saturated carbocycles. The number of furan rings is 1. The zero-order valence-electron chi connectivity index (χ0n) is 27.2. The number of nitrogens with zero attached hydrogens (tertiary/aromatic N) is 2. The summed E-state index contributed by atoms with van der Waals surface area (Å²) in [6, 6.07) is 37.4. The average molecular weight is 684 g/mol. The van der Waals surface area contributed by atoms with Crippen molar-refractivity contribution in [2.45, 2.75) is 17.1 Å². The standard InChI is InChI=1S/C39H33N5O5S/c1-26-34(39(48)44(43(26)2)30-19-10-5-11-20-30)42-38(47)35(27-14-6-3-7-15-27)50-32-22-12-18-29(24-32)40-37(46)33(25-31-21-13-23-49-31)41-36(45)28-16-8-4-9-17-28/h3-25,35H,1-2H3,(H,40,46)(H,41,45)(H,42,47)/b33-25-. The van der Waals surface area contributed by atoms with Crippen LogP contribution < -0.4 is 21.5 Å². The summed E-state index contributed by atoms with van der Waals surface area (Å²) in [5.74, 6) is -1.02. The molecule has 0 aliphatic rings. The third-order valence-electron chi connectivity index (χ3n) is 7.85. The quantitative estimate of drug-likeness (QED) is 0.100. The van der Waals surface area contributed by atoms with Crippen molar-refractivity contribution in [3.05, 3.63) is 172 Å². The average Bonchev–Trinajstić information content (AvgIpc) is 3.73. The van der Waals surface area contributed by atoms with Gasteiger partial charge in [0, 0.05) is 29.3 Å². The number of hydrogen-bond acceptors (Lipinski definition) is 6. The molecule has 2 aromatic heterocycles. The monoisotopic (exact) mass is 683 g/mol. The molecule has 6 aromatic rings. The fourth-order valence-electron chi connectivity index (χ4n) is 5.24. The van der Waals surface area contributed by atoms with Crippen LogP contribution >= 0.6 is 11.8 Å². The molecule has 0 aliphatic carbocycles. The molecule has 11 heteroatoms. The van der Waals surface area contributed by atoms with Gasteiger partial charge in [0.25, 0.3) is 17.4 Å². The molecule has 0 saturated heterocycles. The second kappa shape index (κ2) is 15.3. The van der Waals surface area contributed by atoms with E-state index in [1.54, 1.807) is 79.3 Å². The summed E-state index contributed by atoms with van der Waals surface area (Å²) < 4.78 is 8.62. The molecule has 50 heavy (non-hydrogen) atoms. The summed E-state index contributed by atoms with van der Waals surface area (Å²) >= 11 is 1.27. The Morgan fingerprint density at radius 2 is 1.48 bits per heavy atom. The molecule has 4 aromatic carbocycles. The number of hydrogen-bond donors (Lipinski definition) is 3. The van der Waals surface area contributed by atoms with E-state index < -0.39 is 17.1 Å². The minimum Gasteiger partial charge on any atom is -0.465 e. The summed E-state index contributed by atoms with van der Waals surface area (Å²) in [6.45, 7) is 1.78. The Morgan fingerprint density at radius 3 is 2.16 bits per heavy atom. The van der Waals surface area contributed by atoms with Gasteiger partial charge in [0.05, 0.1) is 17.6 Å². The van der Waals surface area contributed by atoms with Crippen LogP contribution in [0.2, 0.25) is 0 Å². The number of amides is 3. The van der Waals surface area contributed by atoms with E-state index in [1.165, 1.54) is 28.8 Å². The van der Waals surface area contributed by atoms with Crippen molar-refractivity contribution in [1.29, 1.82) is 0 Å². The lowest BCUT2D eigenvalue weighted by atomic mass is 10.1. The van der Waals surface area contributed by atoms with E-state index in [9.17, 15) is 19.2 Å². The first-order valence-electron chi connectivity index (χ1n) is 15.7. The molecule has 3 amide bonds. The van der Waals surface area contributed by atoms with Crippen LogP contribution in [-0.4, -0.2) is 27.1 Å². The lowest BCUT2D eigenvalue weighted by Crippen LogP contribution is -2.30. The van der Waals surface area contributed by atoms with Crippen molar-refractivity contribution in [2.75, 3.05) is 10.6 Å². The van der Waals surface area contributed by atoms with Gasteiger partial charge in [-0.25, -0.2) is 4.68 Å². The van der Waals surface area contributed by atoms with E-state index in [0.717, 1.165) is 5.56 Å². The number of para-hydroxylation sites is 1. The highest BCUT2D eigenvalue weighted by Gasteiger charge is 2.26. The second-order valence-corrected chi connectivity index (χ2v) is 12.4. The topological polar surface area (TPSA) is 127 Å². The Morgan fingerprint density at radius 1 is 0.800 bits per heavy atom. The van der Waals surface area contributed by atoms with Gasteiger partial charge in [0.15, 0.2) is 0 Å². The normalized spacial score (nSPS) is 11.8. The van der Waals surface area contributed by atoms with Gasteiger partial charge in [-0.1, -0.05) is 72.8 Å². The highest BCUT2D eigenvalue weighted by Crippen LogP contribution is 2.37. The van der Waals surface area contributed by atoms with Gasteiger partial charge < -0.3 is 20.4 Å². The van der Waals surface area contributed by atoms with E-state index in [4.69, 9.17) is 4.42 Å². The molecule has 3 N–H and O–H groups in total.